The van der Waals surface area contributed by atoms with Gasteiger partial charge in [-0.25, -0.2) is 14.8 Å². The molecule has 1 saturated heterocycles. The summed E-state index contributed by atoms with van der Waals surface area (Å²) in [7, 11) is 1.11. The quantitative estimate of drug-likeness (QED) is 0.0379. The van der Waals surface area contributed by atoms with Crippen molar-refractivity contribution in [2.75, 3.05) is 63.5 Å². The molecule has 0 unspecified atom stereocenters. The smallest absolute Gasteiger partial charge is 0.467 e. The highest BCUT2D eigenvalue weighted by molar-refractivity contribution is 6.00. The van der Waals surface area contributed by atoms with Crippen LogP contribution in [-0.4, -0.2) is 165 Å². The van der Waals surface area contributed by atoms with Gasteiger partial charge in [-0.2, -0.15) is 18.2 Å². The minimum atomic E-state index is -5.34. The molecule has 0 spiro atoms. The number of aryl methyl sites for hydroxylation is 2. The van der Waals surface area contributed by atoms with Crippen LogP contribution in [0.4, 0.5) is 24.8 Å². The molecule has 1 aromatic carbocycles. The third kappa shape index (κ3) is 21.3. The fourth-order valence-corrected chi connectivity index (χ4v) is 8.45. The number of hydrogen-bond donors (Lipinski definition) is 4. The third-order valence-electron chi connectivity index (χ3n) is 12.9. The summed E-state index contributed by atoms with van der Waals surface area (Å²) in [5.41, 5.74) is 3.84. The largest absolute Gasteiger partial charge is 0.471 e. The molecule has 3 aromatic heterocycles. The number of fused-ring (bicyclic) bond motifs is 1. The molecule has 0 aliphatic carbocycles. The Morgan fingerprint density at radius 3 is 2.22 bits per heavy atom. The van der Waals surface area contributed by atoms with E-state index in [2.05, 4.69) is 40.9 Å². The van der Waals surface area contributed by atoms with Crippen LogP contribution in [0, 0.1) is 5.92 Å². The lowest BCUT2D eigenvalue weighted by atomic mass is 10.0. The molecule has 448 valence electrons. The molecule has 0 bridgehead atoms. The van der Waals surface area contributed by atoms with Crippen molar-refractivity contribution in [1.29, 1.82) is 0 Å². The number of primary amides is 1. The molecular weight excluding hydrogens is 1090 g/mol. The number of halogens is 3. The van der Waals surface area contributed by atoms with E-state index in [-0.39, 0.29) is 83.9 Å². The van der Waals surface area contributed by atoms with Crippen LogP contribution < -0.4 is 26.8 Å². The van der Waals surface area contributed by atoms with Gasteiger partial charge >= 0.3 is 24.0 Å². The maximum absolute atomic E-state index is 13.8. The molecule has 82 heavy (non-hydrogen) atoms. The number of rotatable bonds is 35. The molecule has 0 radical (unpaired) electrons. The van der Waals surface area contributed by atoms with Crippen molar-refractivity contribution in [3.8, 4) is 0 Å². The standard InChI is InChI=1S/C53H71F3N12O14/c1-5-37-28-40(82-44(72)20-19-42(57)70)32-67(37)43(71)12-8-10-35-30-66(65-64-35)21-9-23-80-25-27-81-26-24-79-22-7-6-11-39(69)17-18-41(50(76)78-4)60-48(74)34-13-15-38(16-14-34)68(51(77)53(54,55)56)31-36-29-58-46-45(59-36)49(75)63-52(61-46)62-47(73)33(2)3/h13-16,29-30,33,37,40-41H,5-12,17-28,31-32H2,1-4H3,(H2,57,70)(H,60,74)(H2,58,61,62,63,73,75)/t37-,40-,41+/m1/s1. The first kappa shape index (κ1) is 65.0. The van der Waals surface area contributed by atoms with Crippen molar-refractivity contribution in [3.63, 3.8) is 0 Å². The van der Waals surface area contributed by atoms with Crippen molar-refractivity contribution in [1.82, 2.24) is 45.1 Å². The Morgan fingerprint density at radius 2 is 1.56 bits per heavy atom. The number of alkyl halides is 3. The predicted molar refractivity (Wildman–Crippen MR) is 285 cm³/mol. The van der Waals surface area contributed by atoms with Gasteiger partial charge in [0.15, 0.2) is 11.2 Å². The van der Waals surface area contributed by atoms with Gasteiger partial charge in [-0.05, 0) is 69.2 Å². The van der Waals surface area contributed by atoms with E-state index in [1.54, 1.807) is 23.4 Å². The van der Waals surface area contributed by atoms with Crippen molar-refractivity contribution in [3.05, 3.63) is 64.0 Å². The average molecular weight is 1160 g/mol. The van der Waals surface area contributed by atoms with Gasteiger partial charge in [0.1, 0.15) is 17.9 Å². The number of unbranched alkanes of at least 4 members (excludes halogenated alkanes) is 1. The third-order valence-corrected chi connectivity index (χ3v) is 12.9. The number of carbonyl (C=O) groups excluding carboxylic acids is 8. The van der Waals surface area contributed by atoms with Gasteiger partial charge in [-0.15, -0.1) is 5.10 Å². The number of benzene rings is 1. The number of anilines is 2. The minimum Gasteiger partial charge on any atom is -0.467 e. The minimum absolute atomic E-state index is 0.00788. The number of amides is 5. The van der Waals surface area contributed by atoms with Gasteiger partial charge in [0, 0.05) is 81.3 Å². The zero-order valence-electron chi connectivity index (χ0n) is 46.3. The van der Waals surface area contributed by atoms with E-state index in [0.717, 1.165) is 49.7 Å². The molecule has 26 nitrogen and oxygen atoms in total. The van der Waals surface area contributed by atoms with Crippen LogP contribution in [0.25, 0.3) is 11.2 Å². The number of H-pyrrole nitrogens is 1. The zero-order valence-corrected chi connectivity index (χ0v) is 46.3. The predicted octanol–water partition coefficient (Wildman–Crippen LogP) is 3.44. The van der Waals surface area contributed by atoms with Crippen molar-refractivity contribution < 1.29 is 75.2 Å². The number of methoxy groups -OCH3 is 1. The first-order valence-electron chi connectivity index (χ1n) is 27.0. The summed E-state index contributed by atoms with van der Waals surface area (Å²) < 4.78 is 70.3. The first-order valence-corrected chi connectivity index (χ1v) is 27.0. The number of hydrogen-bond acceptors (Lipinski definition) is 19. The van der Waals surface area contributed by atoms with Gasteiger partial charge in [0.25, 0.3) is 11.5 Å². The summed E-state index contributed by atoms with van der Waals surface area (Å²) in [5, 5.41) is 13.3. The Morgan fingerprint density at radius 1 is 0.866 bits per heavy atom. The Labute approximate surface area is 470 Å². The second-order valence-corrected chi connectivity index (χ2v) is 19.6. The maximum atomic E-state index is 13.8. The number of likely N-dealkylation sites (tertiary alicyclic amines) is 1. The van der Waals surface area contributed by atoms with E-state index in [0.29, 0.717) is 103 Å². The van der Waals surface area contributed by atoms with Crippen LogP contribution in [0.15, 0.2) is 41.5 Å². The van der Waals surface area contributed by atoms with Crippen LogP contribution in [0.5, 0.6) is 0 Å². The van der Waals surface area contributed by atoms with E-state index in [1.165, 1.54) is 0 Å². The van der Waals surface area contributed by atoms with Gasteiger partial charge in [-0.3, -0.25) is 58.2 Å². The molecule has 1 fully saturated rings. The molecule has 29 heteroatoms. The van der Waals surface area contributed by atoms with E-state index in [1.807, 2.05) is 13.1 Å². The van der Waals surface area contributed by atoms with E-state index in [4.69, 9.17) is 29.4 Å². The van der Waals surface area contributed by atoms with E-state index in [9.17, 15) is 56.3 Å². The van der Waals surface area contributed by atoms with E-state index >= 15 is 0 Å². The molecule has 1 aliphatic rings. The number of carbonyl (C=O) groups is 8. The summed E-state index contributed by atoms with van der Waals surface area (Å²) in [5.74, 6) is -6.27. The number of ether oxygens (including phenoxy) is 5. The molecule has 1 aliphatic heterocycles. The summed E-state index contributed by atoms with van der Waals surface area (Å²) in [6, 6.07) is 3.16. The average Bonchev–Trinajstić information content (AvgIpc) is 4.23. The number of Topliss-reactive ketones (excluding diaryl/α,β-unsaturated/α-hetero) is 1. The number of aromatic nitrogens is 7. The lowest BCUT2D eigenvalue weighted by Crippen LogP contribution is -2.42. The summed E-state index contributed by atoms with van der Waals surface area (Å²) in [4.78, 5) is 129. The van der Waals surface area contributed by atoms with Crippen LogP contribution in [-0.2, 0) is 76.8 Å². The van der Waals surface area contributed by atoms with Crippen molar-refractivity contribution >= 4 is 70.1 Å². The highest BCUT2D eigenvalue weighted by Crippen LogP contribution is 2.27. The fraction of sp³-hybridized carbons (Fsp3) is 0.585. The molecule has 4 heterocycles. The van der Waals surface area contributed by atoms with Crippen LogP contribution in [0.3, 0.4) is 0 Å². The number of nitrogens with one attached hydrogen (secondary N) is 3. The van der Waals surface area contributed by atoms with Crippen LogP contribution in [0.2, 0.25) is 0 Å². The monoisotopic (exact) mass is 1160 g/mol. The highest BCUT2D eigenvalue weighted by Gasteiger charge is 2.43. The SMILES string of the molecule is CC[C@@H]1C[C@@H](OC(=O)CCC(N)=O)CN1C(=O)CCCc1cn(CCCOCCOCCOCCCCC(=O)CC[C@H](NC(=O)c2ccc(N(Cc3cnc4nc(NC(=O)C(C)C)[nH]c(=O)c4n3)C(=O)C(F)(F)F)cc2)C(=O)OC)nn1. The van der Waals surface area contributed by atoms with Gasteiger partial charge in [0.2, 0.25) is 23.7 Å². The molecule has 5 rings (SSSR count). The van der Waals surface area contributed by atoms with Gasteiger partial charge < -0.3 is 39.6 Å². The lowest BCUT2D eigenvalue weighted by Gasteiger charge is -2.24. The number of esters is 2. The molecule has 3 atom stereocenters. The Balaban J connectivity index is 0.915. The fourth-order valence-electron chi connectivity index (χ4n) is 8.45. The van der Waals surface area contributed by atoms with Crippen molar-refractivity contribution in [2.24, 2.45) is 11.7 Å². The summed E-state index contributed by atoms with van der Waals surface area (Å²) in [6.45, 7) is 7.65. The first-order chi connectivity index (χ1) is 39.1. The van der Waals surface area contributed by atoms with Gasteiger partial charge in [0.05, 0.1) is 70.6 Å². The summed E-state index contributed by atoms with van der Waals surface area (Å²) >= 11 is 0. The molecular formula is C53H71F3N12O14. The molecule has 5 N–H and O–H groups in total. The second kappa shape index (κ2) is 32.6. The number of nitrogens with two attached hydrogens (primary N) is 1. The molecule has 5 amide bonds. The second-order valence-electron chi connectivity index (χ2n) is 19.6. The Kier molecular flexibility index (Phi) is 25.9. The maximum Gasteiger partial charge on any atom is 0.471 e. The zero-order chi connectivity index (χ0) is 59.8. The van der Waals surface area contributed by atoms with Crippen molar-refractivity contribution in [2.45, 2.75) is 142 Å². The Bertz CT molecular complexity index is 2870. The molecule has 4 aromatic rings. The normalized spacial score (nSPS) is 14.6. The van der Waals surface area contributed by atoms with Crippen LogP contribution in [0.1, 0.15) is 120 Å². The van der Waals surface area contributed by atoms with Gasteiger partial charge in [-0.1, -0.05) is 26.0 Å². The number of nitrogens with zero attached hydrogens (tertiary/aromatic N) is 8. The number of aromatic amines is 1. The highest BCUT2D eigenvalue weighted by atomic mass is 19.4. The summed E-state index contributed by atoms with van der Waals surface area (Å²) in [6.07, 6.45) is 1.58. The Hall–Kier alpha value is -7.79. The lowest BCUT2D eigenvalue weighted by molar-refractivity contribution is -0.170. The number of ketones is 1. The van der Waals surface area contributed by atoms with E-state index < -0.39 is 71.9 Å². The molecule has 0 saturated carbocycles. The van der Waals surface area contributed by atoms with Crippen LogP contribution >= 0.6 is 0 Å². The topological polar surface area (TPSA) is 342 Å².